The van der Waals surface area contributed by atoms with Gasteiger partial charge in [0.25, 0.3) is 0 Å². The zero-order valence-electron chi connectivity index (χ0n) is 9.37. The molecule has 0 aliphatic heterocycles. The molecule has 1 heterocycles. The molecular formula is C12H15ClN2O. The van der Waals surface area contributed by atoms with Crippen molar-refractivity contribution in [3.05, 3.63) is 35.0 Å². The van der Waals surface area contributed by atoms with Crippen LogP contribution in [-0.2, 0) is 7.05 Å². The largest absolute Gasteiger partial charge is 0.387 e. The van der Waals surface area contributed by atoms with Gasteiger partial charge in [-0.05, 0) is 7.05 Å². The van der Waals surface area contributed by atoms with Gasteiger partial charge in [0.05, 0.1) is 16.6 Å². The molecule has 0 amide bonds. The van der Waals surface area contributed by atoms with Gasteiger partial charge in [-0.1, -0.05) is 29.8 Å². The number of aliphatic hydroxyl groups is 1. The predicted molar refractivity (Wildman–Crippen MR) is 66.8 cm³/mol. The van der Waals surface area contributed by atoms with Crippen LogP contribution in [-0.4, -0.2) is 23.3 Å². The van der Waals surface area contributed by atoms with Crippen LogP contribution in [0.15, 0.2) is 24.4 Å². The van der Waals surface area contributed by atoms with E-state index in [1.54, 1.807) is 0 Å². The normalized spacial score (nSPS) is 13.2. The highest BCUT2D eigenvalue weighted by molar-refractivity contribution is 6.35. The molecule has 1 atom stereocenters. The lowest BCUT2D eigenvalue weighted by atomic mass is 10.1. The average molecular weight is 239 g/mol. The Morgan fingerprint density at radius 3 is 2.94 bits per heavy atom. The van der Waals surface area contributed by atoms with Crippen LogP contribution in [0.5, 0.6) is 0 Å². The summed E-state index contributed by atoms with van der Waals surface area (Å²) in [5.41, 5.74) is 1.90. The maximum atomic E-state index is 10.0. The maximum Gasteiger partial charge on any atom is 0.0934 e. The number of rotatable bonds is 3. The molecule has 0 aliphatic carbocycles. The van der Waals surface area contributed by atoms with E-state index in [4.69, 9.17) is 11.6 Å². The van der Waals surface area contributed by atoms with Crippen LogP contribution in [0.2, 0.25) is 5.02 Å². The summed E-state index contributed by atoms with van der Waals surface area (Å²) < 4.78 is 1.95. The van der Waals surface area contributed by atoms with E-state index in [1.165, 1.54) is 0 Å². The highest BCUT2D eigenvalue weighted by atomic mass is 35.5. The van der Waals surface area contributed by atoms with E-state index in [2.05, 4.69) is 5.32 Å². The summed E-state index contributed by atoms with van der Waals surface area (Å²) in [6, 6.07) is 5.82. The number of hydrogen-bond acceptors (Lipinski definition) is 2. The molecule has 16 heavy (non-hydrogen) atoms. The lowest BCUT2D eigenvalue weighted by Gasteiger charge is -2.12. The Morgan fingerprint density at radius 1 is 1.50 bits per heavy atom. The van der Waals surface area contributed by atoms with E-state index in [1.807, 2.05) is 43.1 Å². The van der Waals surface area contributed by atoms with Crippen LogP contribution in [0.4, 0.5) is 0 Å². The minimum Gasteiger partial charge on any atom is -0.387 e. The zero-order valence-corrected chi connectivity index (χ0v) is 10.1. The van der Waals surface area contributed by atoms with Gasteiger partial charge in [0.2, 0.25) is 0 Å². The number of nitrogens with zero attached hydrogens (tertiary/aromatic N) is 1. The molecule has 2 rings (SSSR count). The Morgan fingerprint density at radius 2 is 2.25 bits per heavy atom. The summed E-state index contributed by atoms with van der Waals surface area (Å²) >= 11 is 6.11. The number of nitrogens with one attached hydrogen (secondary N) is 1. The predicted octanol–water partition coefficient (Wildman–Crippen LogP) is 2.08. The van der Waals surface area contributed by atoms with Crippen molar-refractivity contribution < 1.29 is 5.11 Å². The molecule has 0 saturated heterocycles. The number of aromatic nitrogens is 1. The molecule has 3 nitrogen and oxygen atoms in total. The molecule has 0 fully saturated rings. The first-order valence-electron chi connectivity index (χ1n) is 5.21. The number of likely N-dealkylation sites (N-methyl/N-ethyl adjacent to an activating group) is 1. The number of aryl methyl sites for hydroxylation is 1. The van der Waals surface area contributed by atoms with Gasteiger partial charge >= 0.3 is 0 Å². The second-order valence-electron chi connectivity index (χ2n) is 3.90. The van der Waals surface area contributed by atoms with Crippen LogP contribution < -0.4 is 5.32 Å². The monoisotopic (exact) mass is 238 g/mol. The first-order valence-corrected chi connectivity index (χ1v) is 5.59. The summed E-state index contributed by atoms with van der Waals surface area (Å²) in [5, 5.41) is 14.7. The molecule has 0 bridgehead atoms. The summed E-state index contributed by atoms with van der Waals surface area (Å²) in [7, 11) is 3.76. The van der Waals surface area contributed by atoms with E-state index in [-0.39, 0.29) is 0 Å². The lowest BCUT2D eigenvalue weighted by molar-refractivity contribution is 0.179. The van der Waals surface area contributed by atoms with Gasteiger partial charge in [0.1, 0.15) is 0 Å². The number of hydrogen-bond donors (Lipinski definition) is 2. The third-order valence-electron chi connectivity index (χ3n) is 2.74. The smallest absolute Gasteiger partial charge is 0.0934 e. The molecule has 0 spiro atoms. The molecule has 4 heteroatoms. The molecule has 1 aromatic heterocycles. The maximum absolute atomic E-state index is 10.0. The molecule has 2 N–H and O–H groups in total. The van der Waals surface area contributed by atoms with Crippen molar-refractivity contribution in [1.82, 2.24) is 9.88 Å². The van der Waals surface area contributed by atoms with Crippen LogP contribution in [0.1, 0.15) is 11.7 Å². The molecular weight excluding hydrogens is 224 g/mol. The van der Waals surface area contributed by atoms with Gasteiger partial charge in [-0.15, -0.1) is 0 Å². The van der Waals surface area contributed by atoms with Gasteiger partial charge in [0, 0.05) is 30.7 Å². The number of halogens is 1. The fourth-order valence-corrected chi connectivity index (χ4v) is 2.32. The molecule has 86 valence electrons. The Bertz CT molecular complexity index is 507. The quantitative estimate of drug-likeness (QED) is 0.859. The first kappa shape index (κ1) is 11.5. The minimum atomic E-state index is -0.515. The summed E-state index contributed by atoms with van der Waals surface area (Å²) in [4.78, 5) is 0. The third-order valence-corrected chi connectivity index (χ3v) is 3.04. The molecule has 2 aromatic rings. The summed E-state index contributed by atoms with van der Waals surface area (Å²) in [6.45, 7) is 0.530. The van der Waals surface area contributed by atoms with E-state index >= 15 is 0 Å². The van der Waals surface area contributed by atoms with Crippen molar-refractivity contribution >= 4 is 22.5 Å². The van der Waals surface area contributed by atoms with Crippen LogP contribution in [0.25, 0.3) is 10.9 Å². The van der Waals surface area contributed by atoms with Gasteiger partial charge in [0.15, 0.2) is 0 Å². The Hall–Kier alpha value is -1.03. The van der Waals surface area contributed by atoms with E-state index < -0.39 is 6.10 Å². The first-order chi connectivity index (χ1) is 7.65. The van der Waals surface area contributed by atoms with Crippen LogP contribution in [0, 0.1) is 0 Å². The van der Waals surface area contributed by atoms with E-state index in [0.717, 1.165) is 21.5 Å². The molecule has 1 unspecified atom stereocenters. The van der Waals surface area contributed by atoms with Crippen LogP contribution in [0.3, 0.4) is 0 Å². The SMILES string of the molecule is CNCC(O)c1cccc2c(Cl)cn(C)c12. The highest BCUT2D eigenvalue weighted by Crippen LogP contribution is 2.30. The Labute approximate surface area is 99.6 Å². The van der Waals surface area contributed by atoms with Crippen molar-refractivity contribution in [3.63, 3.8) is 0 Å². The fourth-order valence-electron chi connectivity index (χ4n) is 2.02. The fraction of sp³-hybridized carbons (Fsp3) is 0.333. The topological polar surface area (TPSA) is 37.2 Å². The summed E-state index contributed by atoms with van der Waals surface area (Å²) in [6.07, 6.45) is 1.35. The second-order valence-corrected chi connectivity index (χ2v) is 4.31. The highest BCUT2D eigenvalue weighted by Gasteiger charge is 2.14. The van der Waals surface area contributed by atoms with Crippen molar-refractivity contribution in [1.29, 1.82) is 0 Å². The Kier molecular flexibility index (Phi) is 3.19. The van der Waals surface area contributed by atoms with Crippen molar-refractivity contribution in [3.8, 4) is 0 Å². The van der Waals surface area contributed by atoms with Gasteiger partial charge in [-0.3, -0.25) is 0 Å². The van der Waals surface area contributed by atoms with Crippen LogP contribution >= 0.6 is 11.6 Å². The van der Waals surface area contributed by atoms with Gasteiger partial charge in [-0.2, -0.15) is 0 Å². The van der Waals surface area contributed by atoms with Crippen molar-refractivity contribution in [2.75, 3.05) is 13.6 Å². The zero-order chi connectivity index (χ0) is 11.7. The van der Waals surface area contributed by atoms with Gasteiger partial charge in [-0.25, -0.2) is 0 Å². The molecule has 0 aliphatic rings. The summed E-state index contributed by atoms with van der Waals surface area (Å²) in [5.74, 6) is 0. The minimum absolute atomic E-state index is 0.515. The number of para-hydroxylation sites is 1. The average Bonchev–Trinajstić information content (AvgIpc) is 2.55. The standard InChI is InChI=1S/C12H15ClN2O/c1-14-6-11(16)9-5-3-4-8-10(13)7-15(2)12(8)9/h3-5,7,11,14,16H,6H2,1-2H3. The van der Waals surface area contributed by atoms with Crippen molar-refractivity contribution in [2.45, 2.75) is 6.10 Å². The molecule has 1 aromatic carbocycles. The lowest BCUT2D eigenvalue weighted by Crippen LogP contribution is -2.17. The second kappa shape index (κ2) is 4.45. The number of fused-ring (bicyclic) bond motifs is 1. The molecule has 0 saturated carbocycles. The number of aliphatic hydroxyl groups excluding tert-OH is 1. The van der Waals surface area contributed by atoms with Crippen molar-refractivity contribution in [2.24, 2.45) is 7.05 Å². The number of benzene rings is 1. The Balaban J connectivity index is 2.61. The molecule has 0 radical (unpaired) electrons. The van der Waals surface area contributed by atoms with E-state index in [9.17, 15) is 5.11 Å². The van der Waals surface area contributed by atoms with E-state index in [0.29, 0.717) is 6.54 Å². The van der Waals surface area contributed by atoms with Gasteiger partial charge < -0.3 is 15.0 Å². The third kappa shape index (κ3) is 1.82.